The average Bonchev–Trinajstić information content (AvgIpc) is 2.49. The molecule has 0 aromatic heterocycles. The van der Waals surface area contributed by atoms with Gasteiger partial charge in [0, 0.05) is 12.7 Å². The van der Waals surface area contributed by atoms with E-state index in [4.69, 9.17) is 24.7 Å². The number of benzene rings is 1. The number of ether oxygens (including phenoxy) is 3. The van der Waals surface area contributed by atoms with Crippen LogP contribution in [-0.2, 0) is 9.47 Å². The highest BCUT2D eigenvalue weighted by molar-refractivity contribution is 6.51. The molecule has 1 rings (SSSR count). The number of carbonyl (C=O) groups excluding carboxylic acids is 1. The Hall–Kier alpha value is -2.43. The highest BCUT2D eigenvalue weighted by atomic mass is 16.7. The van der Waals surface area contributed by atoms with Gasteiger partial charge in [-0.3, -0.25) is 4.79 Å². The van der Waals surface area contributed by atoms with E-state index in [2.05, 4.69) is 5.16 Å². The summed E-state index contributed by atoms with van der Waals surface area (Å²) in [6, 6.07) is 7.55. The fourth-order valence-corrected chi connectivity index (χ4v) is 1.27. The van der Waals surface area contributed by atoms with E-state index in [1.54, 1.807) is 19.2 Å². The molecule has 7 nitrogen and oxygen atoms in total. The van der Waals surface area contributed by atoms with Crippen molar-refractivity contribution in [3.05, 3.63) is 29.8 Å². The molecule has 1 N–H and O–H groups in total. The lowest BCUT2D eigenvalue weighted by Crippen LogP contribution is -2.12. The molecule has 0 spiro atoms. The maximum Gasteiger partial charge on any atom is 0.227 e. The van der Waals surface area contributed by atoms with Crippen LogP contribution in [0.1, 0.15) is 10.4 Å². The van der Waals surface area contributed by atoms with Gasteiger partial charge in [0.05, 0.1) is 13.2 Å². The smallest absolute Gasteiger partial charge is 0.227 e. The molecular weight excluding hydrogens is 264 g/mol. The quantitative estimate of drug-likeness (QED) is 0.192. The second-order valence-corrected chi connectivity index (χ2v) is 3.58. The number of rotatable bonds is 8. The fourth-order valence-electron chi connectivity index (χ4n) is 1.27. The molecule has 0 saturated carbocycles. The number of ketones is 1. The largest absolute Gasteiger partial charge is 0.468 e. The molecule has 0 atom stereocenters. The summed E-state index contributed by atoms with van der Waals surface area (Å²) in [4.78, 5) is 11.7. The van der Waals surface area contributed by atoms with Crippen LogP contribution in [-0.4, -0.2) is 43.8 Å². The summed E-state index contributed by atoms with van der Waals surface area (Å²) in [6.07, 6.45) is 0. The van der Waals surface area contributed by atoms with Gasteiger partial charge < -0.3 is 19.4 Å². The van der Waals surface area contributed by atoms with Crippen LogP contribution < -0.4 is 4.74 Å². The standard InChI is InChI=1S/C13H14N2O5/c1-18-6-7-19-9-20-11-4-2-10(3-5-11)13(16)12(8-14)15-17/h2-5,17H,6-7,9H2,1H3/b15-12-. The lowest BCUT2D eigenvalue weighted by atomic mass is 10.1. The molecule has 0 unspecified atom stereocenters. The second-order valence-electron chi connectivity index (χ2n) is 3.58. The van der Waals surface area contributed by atoms with Crippen molar-refractivity contribution in [2.24, 2.45) is 5.16 Å². The van der Waals surface area contributed by atoms with Crippen molar-refractivity contribution in [2.45, 2.75) is 0 Å². The Morgan fingerprint density at radius 1 is 1.35 bits per heavy atom. The van der Waals surface area contributed by atoms with Crippen molar-refractivity contribution in [1.82, 2.24) is 0 Å². The van der Waals surface area contributed by atoms with Crippen LogP contribution in [0.2, 0.25) is 0 Å². The molecule has 0 aliphatic carbocycles. The van der Waals surface area contributed by atoms with E-state index >= 15 is 0 Å². The summed E-state index contributed by atoms with van der Waals surface area (Å²) in [7, 11) is 1.57. The summed E-state index contributed by atoms with van der Waals surface area (Å²) >= 11 is 0. The van der Waals surface area contributed by atoms with E-state index in [0.717, 1.165) is 0 Å². The normalized spacial score (nSPS) is 10.9. The maximum atomic E-state index is 11.7. The van der Waals surface area contributed by atoms with E-state index in [9.17, 15) is 4.79 Å². The van der Waals surface area contributed by atoms with Crippen molar-refractivity contribution >= 4 is 11.5 Å². The summed E-state index contributed by atoms with van der Waals surface area (Å²) in [5, 5.41) is 19.7. The molecule has 0 saturated heterocycles. The first-order valence-electron chi connectivity index (χ1n) is 5.69. The van der Waals surface area contributed by atoms with Crippen LogP contribution in [0.5, 0.6) is 5.75 Å². The predicted octanol–water partition coefficient (Wildman–Crippen LogP) is 1.22. The van der Waals surface area contributed by atoms with Gasteiger partial charge in [0.15, 0.2) is 6.79 Å². The first-order chi connectivity index (χ1) is 9.72. The number of hydrogen-bond acceptors (Lipinski definition) is 7. The number of nitriles is 1. The summed E-state index contributed by atoms with van der Waals surface area (Å²) in [5.41, 5.74) is -0.339. The number of methoxy groups -OCH3 is 1. The fraction of sp³-hybridized carbons (Fsp3) is 0.308. The Labute approximate surface area is 116 Å². The van der Waals surface area contributed by atoms with Crippen LogP contribution in [0.4, 0.5) is 0 Å². The lowest BCUT2D eigenvalue weighted by Gasteiger charge is -2.07. The molecule has 20 heavy (non-hydrogen) atoms. The van der Waals surface area contributed by atoms with E-state index in [-0.39, 0.29) is 12.4 Å². The van der Waals surface area contributed by atoms with Gasteiger partial charge in [-0.15, -0.1) is 0 Å². The molecule has 7 heteroatoms. The highest BCUT2D eigenvalue weighted by Crippen LogP contribution is 2.13. The molecular formula is C13H14N2O5. The molecule has 1 aromatic rings. The van der Waals surface area contributed by atoms with Crippen molar-refractivity contribution in [3.8, 4) is 11.8 Å². The van der Waals surface area contributed by atoms with Gasteiger partial charge in [-0.25, -0.2) is 0 Å². The van der Waals surface area contributed by atoms with Gasteiger partial charge in [-0.2, -0.15) is 5.26 Å². The first kappa shape index (κ1) is 15.6. The lowest BCUT2D eigenvalue weighted by molar-refractivity contribution is -0.00847. The third-order valence-corrected chi connectivity index (χ3v) is 2.28. The number of nitrogens with zero attached hydrogens (tertiary/aromatic N) is 2. The third kappa shape index (κ3) is 4.68. The number of hydrogen-bond donors (Lipinski definition) is 1. The van der Waals surface area contributed by atoms with Crippen LogP contribution in [0.3, 0.4) is 0 Å². The van der Waals surface area contributed by atoms with Crippen molar-refractivity contribution in [1.29, 1.82) is 5.26 Å². The van der Waals surface area contributed by atoms with Crippen LogP contribution >= 0.6 is 0 Å². The Morgan fingerprint density at radius 3 is 2.60 bits per heavy atom. The zero-order valence-corrected chi connectivity index (χ0v) is 10.9. The van der Waals surface area contributed by atoms with Gasteiger partial charge in [0.25, 0.3) is 0 Å². The highest BCUT2D eigenvalue weighted by Gasteiger charge is 2.14. The first-order valence-corrected chi connectivity index (χ1v) is 5.69. The zero-order valence-electron chi connectivity index (χ0n) is 10.9. The van der Waals surface area contributed by atoms with Crippen molar-refractivity contribution in [2.75, 3.05) is 27.1 Å². The van der Waals surface area contributed by atoms with E-state index in [0.29, 0.717) is 19.0 Å². The Morgan fingerprint density at radius 2 is 2.05 bits per heavy atom. The zero-order chi connectivity index (χ0) is 14.8. The Balaban J connectivity index is 2.52. The molecule has 0 amide bonds. The molecule has 0 bridgehead atoms. The van der Waals surface area contributed by atoms with Gasteiger partial charge in [-0.1, -0.05) is 5.16 Å². The number of oxime groups is 1. The minimum absolute atomic E-state index is 0.0677. The van der Waals surface area contributed by atoms with Crippen LogP contribution in [0.15, 0.2) is 29.4 Å². The Kier molecular flexibility index (Phi) is 6.75. The average molecular weight is 278 g/mol. The number of Topliss-reactive ketones (excluding diaryl/α,β-unsaturated/α-hetero) is 1. The SMILES string of the molecule is COCCOCOc1ccc(C(=O)/C(C#N)=N\O)cc1. The predicted molar refractivity (Wildman–Crippen MR) is 68.9 cm³/mol. The molecule has 0 radical (unpaired) electrons. The van der Waals surface area contributed by atoms with Gasteiger partial charge in [0.1, 0.15) is 11.8 Å². The summed E-state index contributed by atoms with van der Waals surface area (Å²) < 4.78 is 15.2. The third-order valence-electron chi connectivity index (χ3n) is 2.28. The second kappa shape index (κ2) is 8.63. The molecule has 1 aromatic carbocycles. The number of carbonyl (C=O) groups is 1. The molecule has 0 aliphatic heterocycles. The van der Waals surface area contributed by atoms with E-state index in [1.807, 2.05) is 0 Å². The summed E-state index contributed by atoms with van der Waals surface area (Å²) in [5.74, 6) is -0.142. The molecule has 0 heterocycles. The summed E-state index contributed by atoms with van der Waals surface area (Å²) in [6.45, 7) is 0.970. The van der Waals surface area contributed by atoms with Crippen molar-refractivity contribution < 1.29 is 24.2 Å². The van der Waals surface area contributed by atoms with Crippen LogP contribution in [0.25, 0.3) is 0 Å². The van der Waals surface area contributed by atoms with Crippen LogP contribution in [0, 0.1) is 11.3 Å². The van der Waals surface area contributed by atoms with E-state index < -0.39 is 11.5 Å². The molecule has 0 fully saturated rings. The van der Waals surface area contributed by atoms with E-state index in [1.165, 1.54) is 18.2 Å². The van der Waals surface area contributed by atoms with Gasteiger partial charge >= 0.3 is 0 Å². The topological polar surface area (TPSA) is 101 Å². The minimum atomic E-state index is -0.655. The molecule has 0 aliphatic rings. The molecule has 106 valence electrons. The minimum Gasteiger partial charge on any atom is -0.468 e. The Bertz CT molecular complexity index is 504. The van der Waals surface area contributed by atoms with Gasteiger partial charge in [-0.05, 0) is 24.3 Å². The maximum absolute atomic E-state index is 11.7. The van der Waals surface area contributed by atoms with Crippen molar-refractivity contribution in [3.63, 3.8) is 0 Å². The monoisotopic (exact) mass is 278 g/mol. The van der Waals surface area contributed by atoms with Gasteiger partial charge in [0.2, 0.25) is 11.5 Å².